The fraction of sp³-hybridized carbons (Fsp3) is 0.400. The highest BCUT2D eigenvalue weighted by molar-refractivity contribution is 9.10. The van der Waals surface area contributed by atoms with Crippen LogP contribution in [0.1, 0.15) is 47.1 Å². The van der Waals surface area contributed by atoms with Gasteiger partial charge in [0.25, 0.3) is 5.56 Å². The van der Waals surface area contributed by atoms with Crippen LogP contribution in [0.5, 0.6) is 0 Å². The molecule has 4 nitrogen and oxygen atoms in total. The van der Waals surface area contributed by atoms with Crippen LogP contribution in [0.15, 0.2) is 51.0 Å². The molecule has 0 aliphatic heterocycles. The van der Waals surface area contributed by atoms with E-state index in [-0.39, 0.29) is 5.56 Å². The standard InChI is InChI=1S/C25H30BrN3OSSi/c1-16(2)32(17(3)4,18(5)6)14-13-20-21-15-27-25(31-7)28-23(21)29(24(30)22(20)26)19-11-9-8-10-12-19/h8-12,15-18H,1-7H3. The molecule has 168 valence electrons. The number of pyridine rings is 1. The fourth-order valence-corrected chi connectivity index (χ4v) is 10.8. The molecule has 0 saturated carbocycles. The SMILES string of the molecule is CSc1ncc2c(C#C[Si](C(C)C)(C(C)C)C(C)C)c(Br)c(=O)n(-c3ccccc3)c2n1. The molecule has 32 heavy (non-hydrogen) atoms. The summed E-state index contributed by atoms with van der Waals surface area (Å²) in [6.45, 7) is 13.7. The molecule has 0 aliphatic rings. The lowest BCUT2D eigenvalue weighted by atomic mass is 10.2. The van der Waals surface area contributed by atoms with Crippen molar-refractivity contribution in [3.8, 4) is 17.2 Å². The van der Waals surface area contributed by atoms with Crippen LogP contribution < -0.4 is 5.56 Å². The molecule has 0 N–H and O–H groups in total. The Morgan fingerprint density at radius 1 is 1.03 bits per heavy atom. The van der Waals surface area contributed by atoms with Crippen molar-refractivity contribution in [2.24, 2.45) is 0 Å². The summed E-state index contributed by atoms with van der Waals surface area (Å²) in [5.74, 6) is 3.46. The van der Waals surface area contributed by atoms with Crippen LogP contribution in [0, 0.1) is 11.5 Å². The molecular formula is C25H30BrN3OSSi. The maximum absolute atomic E-state index is 13.5. The molecule has 0 fully saturated rings. The molecule has 7 heteroatoms. The first-order valence-electron chi connectivity index (χ1n) is 10.9. The van der Waals surface area contributed by atoms with Crippen LogP contribution in [0.3, 0.4) is 0 Å². The highest BCUT2D eigenvalue weighted by atomic mass is 79.9. The Morgan fingerprint density at radius 3 is 2.16 bits per heavy atom. The number of halogens is 1. The van der Waals surface area contributed by atoms with Crippen molar-refractivity contribution in [1.82, 2.24) is 14.5 Å². The number of rotatable bonds is 5. The van der Waals surface area contributed by atoms with Gasteiger partial charge in [0.15, 0.2) is 10.8 Å². The van der Waals surface area contributed by atoms with Crippen molar-refractivity contribution < 1.29 is 0 Å². The van der Waals surface area contributed by atoms with Gasteiger partial charge in [-0.3, -0.25) is 9.36 Å². The first kappa shape index (κ1) is 24.8. The minimum atomic E-state index is -1.97. The first-order chi connectivity index (χ1) is 15.1. The highest BCUT2D eigenvalue weighted by Gasteiger charge is 2.41. The van der Waals surface area contributed by atoms with Gasteiger partial charge < -0.3 is 0 Å². The molecule has 0 aliphatic carbocycles. The van der Waals surface area contributed by atoms with E-state index in [1.54, 1.807) is 10.8 Å². The van der Waals surface area contributed by atoms with Gasteiger partial charge in [-0.25, -0.2) is 9.97 Å². The summed E-state index contributed by atoms with van der Waals surface area (Å²) >= 11 is 5.04. The van der Waals surface area contributed by atoms with Gasteiger partial charge in [0, 0.05) is 6.20 Å². The molecule has 1 aromatic carbocycles. The summed E-state index contributed by atoms with van der Waals surface area (Å²) in [5, 5.41) is 1.41. The Bertz CT molecular complexity index is 1220. The third-order valence-electron chi connectivity index (χ3n) is 6.31. The largest absolute Gasteiger partial charge is 0.272 e. The number of hydrogen-bond acceptors (Lipinski definition) is 4. The summed E-state index contributed by atoms with van der Waals surface area (Å²) in [7, 11) is -1.97. The zero-order valence-corrected chi connectivity index (χ0v) is 23.1. The minimum absolute atomic E-state index is 0.162. The third kappa shape index (κ3) is 4.33. The molecule has 0 atom stereocenters. The summed E-state index contributed by atoms with van der Waals surface area (Å²) in [6.07, 6.45) is 3.73. The lowest BCUT2D eigenvalue weighted by molar-refractivity contribution is 0.838. The molecule has 0 saturated heterocycles. The summed E-state index contributed by atoms with van der Waals surface area (Å²) in [6, 6.07) is 9.59. The summed E-state index contributed by atoms with van der Waals surface area (Å²) in [4.78, 5) is 22.7. The molecular weight excluding hydrogens is 498 g/mol. The Morgan fingerprint density at radius 2 is 1.62 bits per heavy atom. The second-order valence-electron chi connectivity index (χ2n) is 8.91. The average molecular weight is 529 g/mol. The molecule has 3 rings (SSSR count). The monoisotopic (exact) mass is 527 g/mol. The molecule has 0 amide bonds. The number of fused-ring (bicyclic) bond motifs is 1. The zero-order valence-electron chi connectivity index (χ0n) is 19.7. The van der Waals surface area contributed by atoms with Crippen molar-refractivity contribution in [3.63, 3.8) is 0 Å². The number of nitrogens with zero attached hydrogens (tertiary/aromatic N) is 3. The van der Waals surface area contributed by atoms with Gasteiger partial charge in [-0.15, -0.1) is 5.54 Å². The van der Waals surface area contributed by atoms with E-state index in [0.29, 0.717) is 37.5 Å². The van der Waals surface area contributed by atoms with Crippen LogP contribution in [0.25, 0.3) is 16.7 Å². The van der Waals surface area contributed by atoms with E-state index >= 15 is 0 Å². The van der Waals surface area contributed by atoms with Crippen LogP contribution in [-0.4, -0.2) is 28.9 Å². The fourth-order valence-electron chi connectivity index (χ4n) is 4.76. The van der Waals surface area contributed by atoms with Gasteiger partial charge in [-0.05, 0) is 50.9 Å². The van der Waals surface area contributed by atoms with E-state index < -0.39 is 8.07 Å². The summed E-state index contributed by atoms with van der Waals surface area (Å²) < 4.78 is 2.10. The van der Waals surface area contributed by atoms with Crippen molar-refractivity contribution in [2.75, 3.05) is 6.26 Å². The predicted molar refractivity (Wildman–Crippen MR) is 143 cm³/mol. The lowest BCUT2D eigenvalue weighted by Crippen LogP contribution is -2.43. The van der Waals surface area contributed by atoms with Crippen LogP contribution >= 0.6 is 27.7 Å². The first-order valence-corrected chi connectivity index (χ1v) is 15.1. The van der Waals surface area contributed by atoms with E-state index in [9.17, 15) is 4.79 Å². The Balaban J connectivity index is 2.40. The zero-order chi connectivity index (χ0) is 23.6. The van der Waals surface area contributed by atoms with Crippen LogP contribution in [0.4, 0.5) is 0 Å². The highest BCUT2D eigenvalue weighted by Crippen LogP contribution is 2.41. The second kappa shape index (κ2) is 9.94. The number of hydrogen-bond donors (Lipinski definition) is 0. The van der Waals surface area contributed by atoms with Gasteiger partial charge in [0.05, 0.1) is 21.1 Å². The second-order valence-corrected chi connectivity index (χ2v) is 16.1. The lowest BCUT2D eigenvalue weighted by Gasteiger charge is -2.38. The molecule has 0 unspecified atom stereocenters. The quantitative estimate of drug-likeness (QED) is 0.158. The maximum Gasteiger partial charge on any atom is 0.272 e. The van der Waals surface area contributed by atoms with E-state index in [1.807, 2.05) is 36.6 Å². The molecule has 2 heterocycles. The molecule has 0 bridgehead atoms. The van der Waals surface area contributed by atoms with Crippen molar-refractivity contribution in [2.45, 2.75) is 63.3 Å². The van der Waals surface area contributed by atoms with Crippen LogP contribution in [-0.2, 0) is 0 Å². The minimum Gasteiger partial charge on any atom is -0.268 e. The number of thioether (sulfide) groups is 1. The maximum atomic E-state index is 13.5. The van der Waals surface area contributed by atoms with E-state index in [4.69, 9.17) is 4.98 Å². The van der Waals surface area contributed by atoms with Gasteiger partial charge in [0.1, 0.15) is 8.07 Å². The number of benzene rings is 1. The van der Waals surface area contributed by atoms with Crippen molar-refractivity contribution in [3.05, 3.63) is 56.9 Å². The Hall–Kier alpha value is -1.88. The van der Waals surface area contributed by atoms with Crippen molar-refractivity contribution in [1.29, 1.82) is 0 Å². The van der Waals surface area contributed by atoms with E-state index in [1.165, 1.54) is 11.8 Å². The summed E-state index contributed by atoms with van der Waals surface area (Å²) in [5.41, 5.74) is 7.13. The Labute approximate surface area is 204 Å². The molecule has 3 aromatic rings. The normalized spacial score (nSPS) is 12.0. The molecule has 0 spiro atoms. The topological polar surface area (TPSA) is 47.8 Å². The smallest absolute Gasteiger partial charge is 0.268 e. The van der Waals surface area contributed by atoms with E-state index in [2.05, 4.69) is 73.9 Å². The Kier molecular flexibility index (Phi) is 7.69. The average Bonchev–Trinajstić information content (AvgIpc) is 2.76. The van der Waals surface area contributed by atoms with Crippen molar-refractivity contribution >= 4 is 46.8 Å². The number of aromatic nitrogens is 3. The molecule has 2 aromatic heterocycles. The third-order valence-corrected chi connectivity index (χ3v) is 13.9. The van der Waals surface area contributed by atoms with Gasteiger partial charge in [0.2, 0.25) is 0 Å². The van der Waals surface area contributed by atoms with Gasteiger partial charge in [-0.2, -0.15) is 0 Å². The van der Waals surface area contributed by atoms with Crippen LogP contribution in [0.2, 0.25) is 16.6 Å². The van der Waals surface area contributed by atoms with Gasteiger partial charge in [-0.1, -0.05) is 77.4 Å². The predicted octanol–water partition coefficient (Wildman–Crippen LogP) is 6.83. The van der Waals surface area contributed by atoms with E-state index in [0.717, 1.165) is 11.1 Å². The number of para-hydroxylation sites is 1. The molecule has 0 radical (unpaired) electrons. The van der Waals surface area contributed by atoms with Gasteiger partial charge >= 0.3 is 0 Å².